The van der Waals surface area contributed by atoms with Crippen molar-refractivity contribution in [1.29, 1.82) is 0 Å². The third-order valence-electron chi connectivity index (χ3n) is 3.33. The van der Waals surface area contributed by atoms with Gasteiger partial charge in [0.25, 0.3) is 0 Å². The Hall–Kier alpha value is -2.29. The van der Waals surface area contributed by atoms with Crippen LogP contribution in [0, 0.1) is 12.7 Å². The summed E-state index contributed by atoms with van der Waals surface area (Å²) in [4.78, 5) is 8.47. The lowest BCUT2D eigenvalue weighted by Gasteiger charge is -2.14. The van der Waals surface area contributed by atoms with Crippen molar-refractivity contribution in [2.45, 2.75) is 20.8 Å². The van der Waals surface area contributed by atoms with Gasteiger partial charge in [-0.15, -0.1) is 0 Å². The molecule has 2 rings (SSSR count). The van der Waals surface area contributed by atoms with Crippen LogP contribution in [-0.2, 0) is 0 Å². The van der Waals surface area contributed by atoms with Gasteiger partial charge in [-0.3, -0.25) is 9.98 Å². The molecular weight excluding hydrogens is 263 g/mol. The lowest BCUT2D eigenvalue weighted by Crippen LogP contribution is -2.05. The molecule has 1 aromatic carbocycles. The van der Waals surface area contributed by atoms with Gasteiger partial charge in [-0.1, -0.05) is 12.1 Å². The molecule has 1 aliphatic rings. The molecule has 0 radical (unpaired) electrons. The lowest BCUT2D eigenvalue weighted by molar-refractivity contribution is 0.626. The second-order valence-electron chi connectivity index (χ2n) is 4.97. The number of halogens is 1. The van der Waals surface area contributed by atoms with Gasteiger partial charge in [-0.2, -0.15) is 0 Å². The van der Waals surface area contributed by atoms with E-state index in [1.165, 1.54) is 6.07 Å². The number of benzene rings is 1. The van der Waals surface area contributed by atoms with E-state index >= 15 is 0 Å². The molecule has 1 aliphatic carbocycles. The van der Waals surface area contributed by atoms with Crippen LogP contribution in [0.2, 0.25) is 0 Å². The largest absolute Gasteiger partial charge is 0.285 e. The predicted molar refractivity (Wildman–Crippen MR) is 88.5 cm³/mol. The molecule has 0 saturated heterocycles. The van der Waals surface area contributed by atoms with Crippen molar-refractivity contribution in [3.8, 4) is 0 Å². The maximum Gasteiger partial charge on any atom is 0.124 e. The van der Waals surface area contributed by atoms with E-state index in [0.717, 1.165) is 33.7 Å². The summed E-state index contributed by atoms with van der Waals surface area (Å²) >= 11 is 0. The Bertz CT molecular complexity index is 671. The van der Waals surface area contributed by atoms with Gasteiger partial charge in [0.2, 0.25) is 0 Å². The first-order valence-electron chi connectivity index (χ1n) is 6.95. The molecule has 0 spiro atoms. The molecule has 108 valence electrons. The monoisotopic (exact) mass is 282 g/mol. The summed E-state index contributed by atoms with van der Waals surface area (Å²) in [5, 5.41) is 0. The zero-order chi connectivity index (χ0) is 15.4. The van der Waals surface area contributed by atoms with Crippen molar-refractivity contribution in [2.24, 2.45) is 9.98 Å². The molecule has 0 N–H and O–H groups in total. The van der Waals surface area contributed by atoms with E-state index in [9.17, 15) is 4.39 Å². The zero-order valence-corrected chi connectivity index (χ0v) is 12.7. The van der Waals surface area contributed by atoms with Crippen LogP contribution in [0.1, 0.15) is 25.0 Å². The van der Waals surface area contributed by atoms with Crippen molar-refractivity contribution in [2.75, 3.05) is 6.54 Å². The molecule has 1 aromatic rings. The quantitative estimate of drug-likeness (QED) is 0.728. The number of hydrogen-bond acceptors (Lipinski definition) is 2. The van der Waals surface area contributed by atoms with Crippen molar-refractivity contribution in [3.63, 3.8) is 0 Å². The second-order valence-corrected chi connectivity index (χ2v) is 4.97. The summed E-state index contributed by atoms with van der Waals surface area (Å²) in [7, 11) is 0. The van der Waals surface area contributed by atoms with Crippen LogP contribution in [-0.4, -0.2) is 19.0 Å². The number of hydrogen-bond donors (Lipinski definition) is 0. The van der Waals surface area contributed by atoms with E-state index in [-0.39, 0.29) is 5.82 Å². The standard InChI is InChI=1S/C18H19FN2/c1-5-21-18-7-6-14(11-17(18)13(3)20-4)15-8-12(2)9-16(19)10-15/h6-11H,4-5H2,1-3H3/b17-13-,21-18?. The van der Waals surface area contributed by atoms with E-state index in [1.807, 2.05) is 45.1 Å². The van der Waals surface area contributed by atoms with Crippen LogP contribution in [0.3, 0.4) is 0 Å². The minimum absolute atomic E-state index is 0.226. The molecule has 0 amide bonds. The number of aryl methyl sites for hydroxylation is 1. The van der Waals surface area contributed by atoms with E-state index in [0.29, 0.717) is 6.54 Å². The van der Waals surface area contributed by atoms with E-state index in [1.54, 1.807) is 6.07 Å². The van der Waals surface area contributed by atoms with E-state index in [4.69, 9.17) is 0 Å². The summed E-state index contributed by atoms with van der Waals surface area (Å²) in [6.45, 7) is 10.1. The molecule has 0 atom stereocenters. The van der Waals surface area contributed by atoms with Crippen molar-refractivity contribution < 1.29 is 4.39 Å². The van der Waals surface area contributed by atoms with Crippen LogP contribution in [0.15, 0.2) is 57.7 Å². The highest BCUT2D eigenvalue weighted by atomic mass is 19.1. The highest BCUT2D eigenvalue weighted by Gasteiger charge is 2.13. The topological polar surface area (TPSA) is 24.7 Å². The Labute approximate surface area is 125 Å². The fraction of sp³-hybridized carbons (Fsp3) is 0.222. The van der Waals surface area contributed by atoms with Gasteiger partial charge < -0.3 is 0 Å². The zero-order valence-electron chi connectivity index (χ0n) is 12.7. The summed E-state index contributed by atoms with van der Waals surface area (Å²) < 4.78 is 13.6. The van der Waals surface area contributed by atoms with Gasteiger partial charge in [0.05, 0.1) is 5.71 Å². The summed E-state index contributed by atoms with van der Waals surface area (Å²) in [6, 6.07) is 5.03. The Morgan fingerprint density at radius 3 is 2.62 bits per heavy atom. The van der Waals surface area contributed by atoms with Crippen molar-refractivity contribution >= 4 is 18.0 Å². The molecule has 0 fully saturated rings. The third kappa shape index (κ3) is 3.43. The third-order valence-corrected chi connectivity index (χ3v) is 3.33. The predicted octanol–water partition coefficient (Wildman–Crippen LogP) is 4.52. The molecule has 0 bridgehead atoms. The first-order valence-corrected chi connectivity index (χ1v) is 6.95. The van der Waals surface area contributed by atoms with Gasteiger partial charge in [-0.25, -0.2) is 4.39 Å². The van der Waals surface area contributed by atoms with Crippen molar-refractivity contribution in [3.05, 3.63) is 64.6 Å². The van der Waals surface area contributed by atoms with Gasteiger partial charge in [0, 0.05) is 17.8 Å². The Kier molecular flexibility index (Phi) is 4.63. The lowest BCUT2D eigenvalue weighted by atomic mass is 9.93. The van der Waals surface area contributed by atoms with Gasteiger partial charge >= 0.3 is 0 Å². The van der Waals surface area contributed by atoms with E-state index in [2.05, 4.69) is 16.7 Å². The van der Waals surface area contributed by atoms with Crippen LogP contribution >= 0.6 is 0 Å². The first kappa shape index (κ1) is 15.1. The van der Waals surface area contributed by atoms with Gasteiger partial charge in [-0.05, 0) is 68.5 Å². The molecule has 0 saturated carbocycles. The minimum Gasteiger partial charge on any atom is -0.285 e. The molecule has 21 heavy (non-hydrogen) atoms. The van der Waals surface area contributed by atoms with Gasteiger partial charge in [0.15, 0.2) is 0 Å². The molecular formula is C18H19FN2. The summed E-state index contributed by atoms with van der Waals surface area (Å²) in [6.07, 6.45) is 5.90. The Balaban J connectivity index is 2.54. The summed E-state index contributed by atoms with van der Waals surface area (Å²) in [5.74, 6) is -0.226. The smallest absolute Gasteiger partial charge is 0.124 e. The van der Waals surface area contributed by atoms with Gasteiger partial charge in [0.1, 0.15) is 5.82 Å². The van der Waals surface area contributed by atoms with Crippen LogP contribution < -0.4 is 0 Å². The number of rotatable bonds is 3. The van der Waals surface area contributed by atoms with Crippen LogP contribution in [0.4, 0.5) is 4.39 Å². The second kappa shape index (κ2) is 6.44. The number of allylic oxidation sites excluding steroid dienone is 6. The highest BCUT2D eigenvalue weighted by Crippen LogP contribution is 2.26. The Morgan fingerprint density at radius 2 is 2.00 bits per heavy atom. The van der Waals surface area contributed by atoms with Crippen molar-refractivity contribution in [1.82, 2.24) is 0 Å². The molecule has 0 aliphatic heterocycles. The maximum absolute atomic E-state index is 13.6. The normalized spacial score (nSPS) is 18.7. The fourth-order valence-corrected chi connectivity index (χ4v) is 2.30. The fourth-order valence-electron chi connectivity index (χ4n) is 2.30. The molecule has 3 heteroatoms. The SMILES string of the molecule is C=N/C(C)=C1/C=C(c2cc(C)cc(F)c2)C=CC1=NCC. The molecule has 0 heterocycles. The van der Waals surface area contributed by atoms with Crippen LogP contribution in [0.25, 0.3) is 5.57 Å². The first-order chi connectivity index (χ1) is 10.0. The maximum atomic E-state index is 13.6. The molecule has 0 aromatic heterocycles. The minimum atomic E-state index is -0.226. The average molecular weight is 282 g/mol. The van der Waals surface area contributed by atoms with E-state index < -0.39 is 0 Å². The number of nitrogens with zero attached hydrogens (tertiary/aromatic N) is 2. The highest BCUT2D eigenvalue weighted by molar-refractivity contribution is 6.15. The number of aliphatic imine (C=N–C) groups is 2. The molecule has 2 nitrogen and oxygen atoms in total. The van der Waals surface area contributed by atoms with Crippen LogP contribution in [0.5, 0.6) is 0 Å². The molecule has 0 unspecified atom stereocenters. The summed E-state index contributed by atoms with van der Waals surface area (Å²) in [5.41, 5.74) is 5.35. The average Bonchev–Trinajstić information content (AvgIpc) is 2.46. The Morgan fingerprint density at radius 1 is 1.24 bits per heavy atom.